The molecule has 1 aromatic carbocycles. The molecular weight excluding hydrogens is 402 g/mol. The third-order valence-corrected chi connectivity index (χ3v) is 5.44. The van der Waals surface area contributed by atoms with Crippen LogP contribution in [-0.2, 0) is 13.0 Å². The molecule has 21 heavy (non-hydrogen) atoms. The number of hydrogen-bond donors (Lipinski definition) is 0. The van der Waals surface area contributed by atoms with Crippen LogP contribution in [0.3, 0.4) is 0 Å². The summed E-state index contributed by atoms with van der Waals surface area (Å²) in [7, 11) is 0. The normalized spacial score (nSPS) is 16.1. The van der Waals surface area contributed by atoms with Gasteiger partial charge >= 0.3 is 0 Å². The van der Waals surface area contributed by atoms with Gasteiger partial charge in [0.25, 0.3) is 0 Å². The number of alkyl halides is 1. The summed E-state index contributed by atoms with van der Waals surface area (Å²) in [5.41, 5.74) is 1.79. The van der Waals surface area contributed by atoms with Crippen molar-refractivity contribution in [1.82, 2.24) is 9.55 Å². The Morgan fingerprint density at radius 2 is 2.10 bits per heavy atom. The van der Waals surface area contributed by atoms with Gasteiger partial charge in [0.05, 0.1) is 14.6 Å². The number of nitrogens with zero attached hydrogens (tertiary/aromatic N) is 2. The lowest BCUT2D eigenvalue weighted by molar-refractivity contribution is 0.457. The fourth-order valence-corrected chi connectivity index (χ4v) is 3.93. The van der Waals surface area contributed by atoms with E-state index in [4.69, 9.17) is 11.6 Å². The van der Waals surface area contributed by atoms with Crippen molar-refractivity contribution >= 4 is 45.2 Å². The zero-order chi connectivity index (χ0) is 14.8. The lowest BCUT2D eigenvalue weighted by Gasteiger charge is -2.12. The summed E-state index contributed by atoms with van der Waals surface area (Å²) >= 11 is 7.91. The number of fused-ring (bicyclic) bond motifs is 1. The molecule has 1 saturated carbocycles. The quantitative estimate of drug-likeness (QED) is 0.484. The van der Waals surface area contributed by atoms with E-state index < -0.39 is 0 Å². The first-order valence-corrected chi connectivity index (χ1v) is 9.20. The second-order valence-electron chi connectivity index (χ2n) is 5.81. The maximum Gasteiger partial charge on any atom is 0.138 e. The van der Waals surface area contributed by atoms with Crippen molar-refractivity contribution in [2.75, 3.05) is 5.88 Å². The van der Waals surface area contributed by atoms with Crippen LogP contribution in [-0.4, -0.2) is 15.4 Å². The van der Waals surface area contributed by atoms with Crippen LogP contribution < -0.4 is 0 Å². The minimum absolute atomic E-state index is 0.164. The van der Waals surface area contributed by atoms with Crippen LogP contribution in [0.1, 0.15) is 37.9 Å². The van der Waals surface area contributed by atoms with Crippen molar-refractivity contribution in [3.05, 3.63) is 27.3 Å². The number of imidazole rings is 1. The summed E-state index contributed by atoms with van der Waals surface area (Å²) in [5, 5.41) is 0. The highest BCUT2D eigenvalue weighted by atomic mass is 127. The van der Waals surface area contributed by atoms with Crippen molar-refractivity contribution in [3.8, 4) is 0 Å². The average molecular weight is 421 g/mol. The SMILES string of the molecule is Fc1cc2c(cc1I)nc(CCCl)n2CCC1CCCC1. The third kappa shape index (κ3) is 3.36. The summed E-state index contributed by atoms with van der Waals surface area (Å²) in [4.78, 5) is 4.66. The van der Waals surface area contributed by atoms with E-state index in [-0.39, 0.29) is 5.82 Å². The summed E-state index contributed by atoms with van der Waals surface area (Å²) in [5.74, 6) is 2.19. The molecule has 1 aliphatic rings. The molecule has 114 valence electrons. The molecule has 2 aromatic rings. The second-order valence-corrected chi connectivity index (χ2v) is 7.35. The summed E-state index contributed by atoms with van der Waals surface area (Å²) in [6, 6.07) is 3.45. The van der Waals surface area contributed by atoms with Crippen LogP contribution in [0, 0.1) is 15.3 Å². The van der Waals surface area contributed by atoms with Gasteiger partial charge < -0.3 is 4.57 Å². The van der Waals surface area contributed by atoms with Gasteiger partial charge in [-0.05, 0) is 41.0 Å². The molecule has 0 bridgehead atoms. The van der Waals surface area contributed by atoms with Gasteiger partial charge in [-0.15, -0.1) is 11.6 Å². The lowest BCUT2D eigenvalue weighted by Crippen LogP contribution is -2.08. The number of benzene rings is 1. The van der Waals surface area contributed by atoms with Gasteiger partial charge in [0.15, 0.2) is 0 Å². The fourth-order valence-electron chi connectivity index (χ4n) is 3.31. The fraction of sp³-hybridized carbons (Fsp3) is 0.562. The number of hydrogen-bond acceptors (Lipinski definition) is 1. The Bertz CT molecular complexity index is 635. The van der Waals surface area contributed by atoms with Crippen LogP contribution in [0.4, 0.5) is 4.39 Å². The standard InChI is InChI=1S/C16H19ClFIN2/c17-7-5-16-20-14-10-13(19)12(18)9-15(14)21(16)8-6-11-3-1-2-4-11/h9-11H,1-8H2. The van der Waals surface area contributed by atoms with Crippen LogP contribution in [0.15, 0.2) is 12.1 Å². The predicted molar refractivity (Wildman–Crippen MR) is 93.4 cm³/mol. The number of halogens is 3. The molecule has 0 radical (unpaired) electrons. The van der Waals surface area contributed by atoms with Crippen molar-refractivity contribution < 1.29 is 4.39 Å². The molecule has 0 spiro atoms. The number of aryl methyl sites for hydroxylation is 2. The van der Waals surface area contributed by atoms with Crippen molar-refractivity contribution in [3.63, 3.8) is 0 Å². The van der Waals surface area contributed by atoms with Gasteiger partial charge in [-0.1, -0.05) is 25.7 Å². The first-order valence-electron chi connectivity index (χ1n) is 7.59. The molecule has 0 N–H and O–H groups in total. The van der Waals surface area contributed by atoms with Gasteiger partial charge in [0.2, 0.25) is 0 Å². The molecule has 0 aliphatic heterocycles. The predicted octanol–water partition coefficient (Wildman–Crippen LogP) is 5.14. The monoisotopic (exact) mass is 420 g/mol. The van der Waals surface area contributed by atoms with E-state index in [1.807, 2.05) is 28.7 Å². The van der Waals surface area contributed by atoms with Crippen molar-refractivity contribution in [2.24, 2.45) is 5.92 Å². The second kappa shape index (κ2) is 6.82. The first kappa shape index (κ1) is 15.5. The zero-order valence-electron chi connectivity index (χ0n) is 11.9. The van der Waals surface area contributed by atoms with E-state index >= 15 is 0 Å². The average Bonchev–Trinajstić information content (AvgIpc) is 3.06. The van der Waals surface area contributed by atoms with E-state index in [2.05, 4.69) is 9.55 Å². The molecule has 1 fully saturated rings. The maximum absolute atomic E-state index is 13.9. The van der Waals surface area contributed by atoms with Gasteiger partial charge in [-0.3, -0.25) is 0 Å². The summed E-state index contributed by atoms with van der Waals surface area (Å²) in [6.07, 6.45) is 7.29. The summed E-state index contributed by atoms with van der Waals surface area (Å²) < 4.78 is 16.7. The Morgan fingerprint density at radius 1 is 1.33 bits per heavy atom. The molecular formula is C16H19ClFIN2. The Hall–Kier alpha value is -0.360. The lowest BCUT2D eigenvalue weighted by atomic mass is 10.0. The Balaban J connectivity index is 1.92. The van der Waals surface area contributed by atoms with E-state index in [1.54, 1.807) is 6.07 Å². The number of aromatic nitrogens is 2. The minimum atomic E-state index is -0.164. The molecule has 0 amide bonds. The highest BCUT2D eigenvalue weighted by Gasteiger charge is 2.17. The van der Waals surface area contributed by atoms with Crippen molar-refractivity contribution in [1.29, 1.82) is 0 Å². The molecule has 0 atom stereocenters. The van der Waals surface area contributed by atoms with Gasteiger partial charge in [0, 0.05) is 24.9 Å². The summed E-state index contributed by atoms with van der Waals surface area (Å²) in [6.45, 7) is 0.924. The van der Waals surface area contributed by atoms with E-state index in [0.29, 0.717) is 9.45 Å². The molecule has 0 unspecified atom stereocenters. The van der Waals surface area contributed by atoms with Gasteiger partial charge in [0.1, 0.15) is 11.6 Å². The van der Waals surface area contributed by atoms with Gasteiger partial charge in [-0.2, -0.15) is 0 Å². The zero-order valence-corrected chi connectivity index (χ0v) is 14.8. The highest BCUT2D eigenvalue weighted by molar-refractivity contribution is 14.1. The van der Waals surface area contributed by atoms with Crippen LogP contribution >= 0.6 is 34.2 Å². The van der Waals surface area contributed by atoms with E-state index in [9.17, 15) is 4.39 Å². The Kier molecular flexibility index (Phi) is 5.04. The maximum atomic E-state index is 13.9. The minimum Gasteiger partial charge on any atom is -0.328 e. The van der Waals surface area contributed by atoms with E-state index in [1.165, 1.54) is 25.7 Å². The topological polar surface area (TPSA) is 17.8 Å². The molecule has 0 saturated heterocycles. The molecule has 1 aromatic heterocycles. The molecule has 3 rings (SSSR count). The first-order chi connectivity index (χ1) is 10.2. The third-order valence-electron chi connectivity index (χ3n) is 4.42. The van der Waals surface area contributed by atoms with Crippen LogP contribution in [0.2, 0.25) is 0 Å². The van der Waals surface area contributed by atoms with Crippen LogP contribution in [0.5, 0.6) is 0 Å². The number of rotatable bonds is 5. The molecule has 5 heteroatoms. The molecule has 1 heterocycles. The largest absolute Gasteiger partial charge is 0.328 e. The molecule has 1 aliphatic carbocycles. The van der Waals surface area contributed by atoms with Gasteiger partial charge in [-0.25, -0.2) is 9.37 Å². The van der Waals surface area contributed by atoms with Crippen molar-refractivity contribution in [2.45, 2.75) is 45.1 Å². The Labute approximate surface area is 143 Å². The van der Waals surface area contributed by atoms with Crippen LogP contribution in [0.25, 0.3) is 11.0 Å². The van der Waals surface area contributed by atoms with E-state index in [0.717, 1.165) is 42.2 Å². The Morgan fingerprint density at radius 3 is 2.81 bits per heavy atom. The molecule has 2 nitrogen and oxygen atoms in total. The smallest absolute Gasteiger partial charge is 0.138 e. The highest BCUT2D eigenvalue weighted by Crippen LogP contribution is 2.29.